The summed E-state index contributed by atoms with van der Waals surface area (Å²) < 4.78 is 0. The standard InChI is InChI=1S/C22H29N3O3/c1-21(2,3)16-8-11-22(12-9-16)19(27)25(20(28)23-22)14-18(26)24-13-10-15-6-4-5-7-17(15)24/h4-7,16H,8-14H2,1-3H3,(H,23,28). The Bertz CT molecular complexity index is 819. The summed E-state index contributed by atoms with van der Waals surface area (Å²) in [6.45, 7) is 7.08. The number of hydrogen-bond donors (Lipinski definition) is 1. The Morgan fingerprint density at radius 2 is 1.86 bits per heavy atom. The molecule has 1 aliphatic carbocycles. The first-order chi connectivity index (χ1) is 13.2. The van der Waals surface area contributed by atoms with Crippen LogP contribution in [-0.4, -0.2) is 41.4 Å². The van der Waals surface area contributed by atoms with Crippen molar-refractivity contribution in [2.24, 2.45) is 11.3 Å². The predicted molar refractivity (Wildman–Crippen MR) is 107 cm³/mol. The summed E-state index contributed by atoms with van der Waals surface area (Å²) in [4.78, 5) is 41.4. The van der Waals surface area contributed by atoms with E-state index in [1.54, 1.807) is 4.90 Å². The van der Waals surface area contributed by atoms with Gasteiger partial charge >= 0.3 is 6.03 Å². The topological polar surface area (TPSA) is 69.7 Å². The molecular weight excluding hydrogens is 354 g/mol. The van der Waals surface area contributed by atoms with E-state index in [1.807, 2.05) is 24.3 Å². The lowest BCUT2D eigenvalue weighted by Gasteiger charge is -2.40. The van der Waals surface area contributed by atoms with Gasteiger partial charge in [0, 0.05) is 12.2 Å². The van der Waals surface area contributed by atoms with Crippen LogP contribution in [0, 0.1) is 11.3 Å². The smallest absolute Gasteiger partial charge is 0.323 e. The molecule has 1 aromatic carbocycles. The second-order valence-corrected chi connectivity index (χ2v) is 9.47. The highest BCUT2D eigenvalue weighted by Crippen LogP contribution is 2.43. The molecule has 6 nitrogen and oxygen atoms in total. The zero-order chi connectivity index (χ0) is 20.1. The molecule has 1 saturated heterocycles. The molecule has 0 radical (unpaired) electrons. The van der Waals surface area contributed by atoms with E-state index in [2.05, 4.69) is 26.1 Å². The number of urea groups is 1. The van der Waals surface area contributed by atoms with Crippen molar-refractivity contribution in [3.63, 3.8) is 0 Å². The summed E-state index contributed by atoms with van der Waals surface area (Å²) in [6.07, 6.45) is 3.93. The molecule has 1 aromatic rings. The molecule has 1 N–H and O–H groups in total. The fourth-order valence-electron chi connectivity index (χ4n) is 4.95. The Morgan fingerprint density at radius 1 is 1.18 bits per heavy atom. The SMILES string of the molecule is CC(C)(C)C1CCC2(CC1)NC(=O)N(CC(=O)N1CCc3ccccc31)C2=O. The lowest BCUT2D eigenvalue weighted by molar-refractivity contribution is -0.135. The summed E-state index contributed by atoms with van der Waals surface area (Å²) in [5.41, 5.74) is 1.40. The molecule has 4 rings (SSSR count). The summed E-state index contributed by atoms with van der Waals surface area (Å²) in [7, 11) is 0. The molecule has 6 heteroatoms. The van der Waals surface area contributed by atoms with Gasteiger partial charge in [0.25, 0.3) is 5.91 Å². The third-order valence-electron chi connectivity index (χ3n) is 6.79. The first-order valence-electron chi connectivity index (χ1n) is 10.2. The number of amides is 4. The van der Waals surface area contributed by atoms with Crippen LogP contribution in [0.4, 0.5) is 10.5 Å². The molecule has 0 unspecified atom stereocenters. The lowest BCUT2D eigenvalue weighted by atomic mass is 9.67. The molecule has 2 fully saturated rings. The van der Waals surface area contributed by atoms with E-state index in [0.717, 1.165) is 35.4 Å². The van der Waals surface area contributed by atoms with Gasteiger partial charge in [-0.05, 0) is 55.1 Å². The van der Waals surface area contributed by atoms with Crippen molar-refractivity contribution in [2.75, 3.05) is 18.0 Å². The maximum atomic E-state index is 13.1. The average molecular weight is 383 g/mol. The second kappa shape index (κ2) is 6.61. The van der Waals surface area contributed by atoms with E-state index in [9.17, 15) is 14.4 Å². The fourth-order valence-corrected chi connectivity index (χ4v) is 4.95. The highest BCUT2D eigenvalue weighted by Gasteiger charge is 2.53. The third kappa shape index (κ3) is 3.09. The number of nitrogens with zero attached hydrogens (tertiary/aromatic N) is 2. The molecule has 3 aliphatic rings. The van der Waals surface area contributed by atoms with Gasteiger partial charge in [0.15, 0.2) is 0 Å². The molecular formula is C22H29N3O3. The number of imide groups is 1. The largest absolute Gasteiger partial charge is 0.325 e. The van der Waals surface area contributed by atoms with Gasteiger partial charge in [-0.15, -0.1) is 0 Å². The highest BCUT2D eigenvalue weighted by molar-refractivity contribution is 6.10. The van der Waals surface area contributed by atoms with Gasteiger partial charge in [-0.1, -0.05) is 39.0 Å². The average Bonchev–Trinajstić information content (AvgIpc) is 3.17. The van der Waals surface area contributed by atoms with Crippen LogP contribution >= 0.6 is 0 Å². The Hall–Kier alpha value is -2.37. The maximum Gasteiger partial charge on any atom is 0.325 e. The maximum absolute atomic E-state index is 13.1. The minimum absolute atomic E-state index is 0.191. The minimum Gasteiger partial charge on any atom is -0.323 e. The molecule has 2 heterocycles. The van der Waals surface area contributed by atoms with Gasteiger partial charge in [0.05, 0.1) is 0 Å². The molecule has 150 valence electrons. The number of para-hydroxylation sites is 1. The van der Waals surface area contributed by atoms with E-state index < -0.39 is 11.6 Å². The molecule has 1 spiro atoms. The van der Waals surface area contributed by atoms with Crippen molar-refractivity contribution in [3.8, 4) is 0 Å². The normalized spacial score (nSPS) is 27.3. The van der Waals surface area contributed by atoms with Crippen molar-refractivity contribution in [1.82, 2.24) is 10.2 Å². The van der Waals surface area contributed by atoms with Crippen LogP contribution in [0.3, 0.4) is 0 Å². The number of carbonyl (C=O) groups excluding carboxylic acids is 3. The predicted octanol–water partition coefficient (Wildman–Crippen LogP) is 3.10. The Balaban J connectivity index is 1.45. The second-order valence-electron chi connectivity index (χ2n) is 9.47. The number of anilines is 1. The first kappa shape index (κ1) is 19.0. The van der Waals surface area contributed by atoms with Crippen molar-refractivity contribution in [3.05, 3.63) is 29.8 Å². The van der Waals surface area contributed by atoms with Gasteiger partial charge < -0.3 is 10.2 Å². The third-order valence-corrected chi connectivity index (χ3v) is 6.79. The van der Waals surface area contributed by atoms with Crippen LogP contribution in [0.1, 0.15) is 52.0 Å². The van der Waals surface area contributed by atoms with Gasteiger partial charge in [-0.2, -0.15) is 0 Å². The van der Waals surface area contributed by atoms with Gasteiger partial charge in [-0.3, -0.25) is 14.5 Å². The van der Waals surface area contributed by atoms with Crippen LogP contribution in [-0.2, 0) is 16.0 Å². The first-order valence-corrected chi connectivity index (χ1v) is 10.2. The van der Waals surface area contributed by atoms with E-state index >= 15 is 0 Å². The molecule has 4 amide bonds. The highest BCUT2D eigenvalue weighted by atomic mass is 16.2. The van der Waals surface area contributed by atoms with Crippen molar-refractivity contribution in [1.29, 1.82) is 0 Å². The number of nitrogens with one attached hydrogen (secondary N) is 1. The Kier molecular flexibility index (Phi) is 4.47. The van der Waals surface area contributed by atoms with E-state index in [4.69, 9.17) is 0 Å². The lowest BCUT2D eigenvalue weighted by Crippen LogP contribution is -2.51. The summed E-state index contributed by atoms with van der Waals surface area (Å²) in [5, 5.41) is 2.92. The van der Waals surface area contributed by atoms with Crippen molar-refractivity contribution < 1.29 is 14.4 Å². The zero-order valence-electron chi connectivity index (χ0n) is 17.0. The number of fused-ring (bicyclic) bond motifs is 1. The molecule has 28 heavy (non-hydrogen) atoms. The van der Waals surface area contributed by atoms with E-state index in [-0.39, 0.29) is 23.8 Å². The fraction of sp³-hybridized carbons (Fsp3) is 0.591. The van der Waals surface area contributed by atoms with Crippen LogP contribution in [0.15, 0.2) is 24.3 Å². The van der Waals surface area contributed by atoms with Crippen molar-refractivity contribution in [2.45, 2.75) is 58.4 Å². The van der Waals surface area contributed by atoms with Gasteiger partial charge in [0.2, 0.25) is 5.91 Å². The van der Waals surface area contributed by atoms with Crippen molar-refractivity contribution >= 4 is 23.5 Å². The van der Waals surface area contributed by atoms with Crippen LogP contribution in [0.2, 0.25) is 0 Å². The van der Waals surface area contributed by atoms with E-state index in [0.29, 0.717) is 25.3 Å². The minimum atomic E-state index is -0.817. The summed E-state index contributed by atoms with van der Waals surface area (Å²) in [5.74, 6) is 0.110. The molecule has 0 bridgehead atoms. The number of rotatable bonds is 2. The Labute approximate surface area is 166 Å². The van der Waals surface area contributed by atoms with Crippen LogP contribution < -0.4 is 10.2 Å². The van der Waals surface area contributed by atoms with Gasteiger partial charge in [-0.25, -0.2) is 4.79 Å². The van der Waals surface area contributed by atoms with E-state index in [1.165, 1.54) is 0 Å². The van der Waals surface area contributed by atoms with Gasteiger partial charge in [0.1, 0.15) is 12.1 Å². The molecule has 0 atom stereocenters. The summed E-state index contributed by atoms with van der Waals surface area (Å²) in [6, 6.07) is 7.36. The Morgan fingerprint density at radius 3 is 2.54 bits per heavy atom. The van der Waals surface area contributed by atoms with Crippen LogP contribution in [0.5, 0.6) is 0 Å². The zero-order valence-corrected chi connectivity index (χ0v) is 17.0. The number of benzene rings is 1. The number of carbonyl (C=O) groups is 3. The summed E-state index contributed by atoms with van der Waals surface area (Å²) >= 11 is 0. The quantitative estimate of drug-likeness (QED) is 0.798. The number of hydrogen-bond acceptors (Lipinski definition) is 3. The molecule has 1 saturated carbocycles. The molecule has 0 aromatic heterocycles. The monoisotopic (exact) mass is 383 g/mol. The molecule has 2 aliphatic heterocycles. The van der Waals surface area contributed by atoms with Crippen LogP contribution in [0.25, 0.3) is 0 Å².